The monoisotopic (exact) mass is 215 g/mol. The molecular formula is C15H21N. The van der Waals surface area contributed by atoms with Gasteiger partial charge in [0.05, 0.1) is 0 Å². The highest BCUT2D eigenvalue weighted by molar-refractivity contribution is 5.77. The van der Waals surface area contributed by atoms with E-state index in [1.165, 1.54) is 6.42 Å². The summed E-state index contributed by atoms with van der Waals surface area (Å²) >= 11 is 0. The summed E-state index contributed by atoms with van der Waals surface area (Å²) in [6.07, 6.45) is 8.47. The normalized spacial score (nSPS) is 10.7. The fraction of sp³-hybridized carbons (Fsp3) is 0.267. The van der Waals surface area contributed by atoms with E-state index in [2.05, 4.69) is 32.0 Å². The largest absolute Gasteiger partial charge is 0.265 e. The van der Waals surface area contributed by atoms with E-state index in [0.29, 0.717) is 0 Å². The van der Waals surface area contributed by atoms with E-state index in [-0.39, 0.29) is 0 Å². The van der Waals surface area contributed by atoms with Crippen LogP contribution in [-0.4, -0.2) is 4.98 Å². The van der Waals surface area contributed by atoms with Crippen molar-refractivity contribution in [1.82, 2.24) is 4.98 Å². The molecule has 0 radical (unpaired) electrons. The molecule has 1 nitrogen and oxygen atoms in total. The van der Waals surface area contributed by atoms with Gasteiger partial charge in [-0.05, 0) is 35.8 Å². The summed E-state index contributed by atoms with van der Waals surface area (Å²) in [6, 6.07) is 3.92. The fourth-order valence-electron chi connectivity index (χ4n) is 1.15. The molecule has 0 bridgehead atoms. The lowest BCUT2D eigenvalue weighted by atomic mass is 10.0. The van der Waals surface area contributed by atoms with Crippen LogP contribution in [0.4, 0.5) is 0 Å². The maximum Gasteiger partial charge on any atom is 0.0273 e. The Morgan fingerprint density at radius 2 is 1.69 bits per heavy atom. The van der Waals surface area contributed by atoms with Crippen molar-refractivity contribution in [2.24, 2.45) is 0 Å². The highest BCUT2D eigenvalue weighted by Crippen LogP contribution is 2.19. The second-order valence-electron chi connectivity index (χ2n) is 3.45. The lowest BCUT2D eigenvalue weighted by molar-refractivity contribution is 1.09. The SMILES string of the molecule is C=C/C(C)=C(\C=C)c1ccncc1.CCC. The van der Waals surface area contributed by atoms with Gasteiger partial charge in [0, 0.05) is 12.4 Å². The smallest absolute Gasteiger partial charge is 0.0273 e. The first-order valence-electron chi connectivity index (χ1n) is 5.57. The van der Waals surface area contributed by atoms with Crippen LogP contribution in [0.1, 0.15) is 32.8 Å². The minimum atomic E-state index is 1.11. The van der Waals surface area contributed by atoms with Gasteiger partial charge < -0.3 is 0 Å². The lowest BCUT2D eigenvalue weighted by Gasteiger charge is -2.03. The molecule has 86 valence electrons. The molecular weight excluding hydrogens is 194 g/mol. The van der Waals surface area contributed by atoms with Gasteiger partial charge in [0.25, 0.3) is 0 Å². The molecule has 0 atom stereocenters. The number of hydrogen-bond acceptors (Lipinski definition) is 1. The number of aromatic nitrogens is 1. The molecule has 0 fully saturated rings. The van der Waals surface area contributed by atoms with Gasteiger partial charge in [0.2, 0.25) is 0 Å². The highest BCUT2D eigenvalue weighted by Gasteiger charge is 1.98. The Hall–Kier alpha value is -1.63. The first-order valence-corrected chi connectivity index (χ1v) is 5.57. The molecule has 1 aromatic rings. The Labute approximate surface area is 99.2 Å². The van der Waals surface area contributed by atoms with Crippen molar-refractivity contribution < 1.29 is 0 Å². The Morgan fingerprint density at radius 1 is 1.19 bits per heavy atom. The van der Waals surface area contributed by atoms with Gasteiger partial charge in [0.1, 0.15) is 0 Å². The van der Waals surface area contributed by atoms with Crippen LogP contribution in [0.25, 0.3) is 5.57 Å². The standard InChI is InChI=1S/C12H13N.C3H8/c1-4-10(3)12(5-2)11-6-8-13-9-7-11;1-3-2/h4-9H,1-2H2,3H3;3H2,1-2H3/b12-10+;. The van der Waals surface area contributed by atoms with Crippen molar-refractivity contribution in [1.29, 1.82) is 0 Å². The molecule has 16 heavy (non-hydrogen) atoms. The maximum atomic E-state index is 3.96. The average Bonchev–Trinajstić information content (AvgIpc) is 2.32. The molecule has 0 unspecified atom stereocenters. The average molecular weight is 215 g/mol. The predicted octanol–water partition coefficient (Wildman–Crippen LogP) is 4.64. The lowest BCUT2D eigenvalue weighted by Crippen LogP contribution is -1.84. The molecule has 0 aromatic carbocycles. The van der Waals surface area contributed by atoms with E-state index in [1.807, 2.05) is 31.2 Å². The number of rotatable bonds is 3. The van der Waals surface area contributed by atoms with Gasteiger partial charge in [-0.3, -0.25) is 4.98 Å². The number of pyridine rings is 1. The first-order chi connectivity index (χ1) is 7.71. The van der Waals surface area contributed by atoms with Gasteiger partial charge in [-0.1, -0.05) is 45.6 Å². The van der Waals surface area contributed by atoms with Gasteiger partial charge >= 0.3 is 0 Å². The van der Waals surface area contributed by atoms with E-state index < -0.39 is 0 Å². The van der Waals surface area contributed by atoms with Crippen LogP contribution >= 0.6 is 0 Å². The van der Waals surface area contributed by atoms with Crippen molar-refractivity contribution in [3.05, 3.63) is 61.0 Å². The number of allylic oxidation sites excluding steroid dienone is 4. The van der Waals surface area contributed by atoms with Gasteiger partial charge in [0.15, 0.2) is 0 Å². The van der Waals surface area contributed by atoms with Crippen molar-refractivity contribution in [2.75, 3.05) is 0 Å². The third-order valence-corrected chi connectivity index (χ3v) is 1.93. The summed E-state index contributed by atoms with van der Waals surface area (Å²) in [5, 5.41) is 0. The first kappa shape index (κ1) is 14.4. The highest BCUT2D eigenvalue weighted by atomic mass is 14.6. The van der Waals surface area contributed by atoms with Crippen LogP contribution in [0.2, 0.25) is 0 Å². The summed E-state index contributed by atoms with van der Waals surface area (Å²) in [6.45, 7) is 13.8. The molecule has 0 spiro atoms. The fourth-order valence-corrected chi connectivity index (χ4v) is 1.15. The van der Waals surface area contributed by atoms with Crippen molar-refractivity contribution in [3.63, 3.8) is 0 Å². The molecule has 0 N–H and O–H groups in total. The van der Waals surface area contributed by atoms with Crippen molar-refractivity contribution in [3.8, 4) is 0 Å². The van der Waals surface area contributed by atoms with Gasteiger partial charge in [-0.2, -0.15) is 0 Å². The molecule has 0 aliphatic rings. The van der Waals surface area contributed by atoms with Gasteiger partial charge in [-0.15, -0.1) is 0 Å². The molecule has 0 amide bonds. The molecule has 0 aliphatic heterocycles. The van der Waals surface area contributed by atoms with E-state index >= 15 is 0 Å². The van der Waals surface area contributed by atoms with Crippen LogP contribution in [0, 0.1) is 0 Å². The topological polar surface area (TPSA) is 12.9 Å². The number of hydrogen-bond donors (Lipinski definition) is 0. The van der Waals surface area contributed by atoms with Crippen molar-refractivity contribution >= 4 is 5.57 Å². The zero-order chi connectivity index (χ0) is 12.4. The Kier molecular flexibility index (Phi) is 7.78. The minimum absolute atomic E-state index is 1.11. The molecule has 1 heteroatoms. The molecule has 1 rings (SSSR count). The van der Waals surface area contributed by atoms with E-state index in [0.717, 1.165) is 16.7 Å². The van der Waals surface area contributed by atoms with Gasteiger partial charge in [-0.25, -0.2) is 0 Å². The zero-order valence-corrected chi connectivity index (χ0v) is 10.5. The Morgan fingerprint density at radius 3 is 2.06 bits per heavy atom. The minimum Gasteiger partial charge on any atom is -0.265 e. The molecule has 1 aromatic heterocycles. The quantitative estimate of drug-likeness (QED) is 0.669. The molecule has 0 saturated carbocycles. The van der Waals surface area contributed by atoms with E-state index in [4.69, 9.17) is 0 Å². The summed E-state index contributed by atoms with van der Waals surface area (Å²) < 4.78 is 0. The Balaban J connectivity index is 0.000000673. The second kappa shape index (κ2) is 8.66. The summed E-state index contributed by atoms with van der Waals surface area (Å²) in [7, 11) is 0. The Bertz CT molecular complexity index is 347. The maximum absolute atomic E-state index is 3.96. The van der Waals surface area contributed by atoms with Crippen LogP contribution in [0.15, 0.2) is 55.4 Å². The van der Waals surface area contributed by atoms with E-state index in [1.54, 1.807) is 12.4 Å². The van der Waals surface area contributed by atoms with Crippen molar-refractivity contribution in [2.45, 2.75) is 27.2 Å². The molecule has 0 saturated heterocycles. The predicted molar refractivity (Wildman–Crippen MR) is 73.2 cm³/mol. The van der Waals surface area contributed by atoms with Crippen LogP contribution < -0.4 is 0 Å². The molecule has 0 aliphatic carbocycles. The molecule has 1 heterocycles. The summed E-state index contributed by atoms with van der Waals surface area (Å²) in [4.78, 5) is 3.96. The van der Waals surface area contributed by atoms with Crippen LogP contribution in [-0.2, 0) is 0 Å². The number of nitrogens with zero attached hydrogens (tertiary/aromatic N) is 1. The second-order valence-corrected chi connectivity index (χ2v) is 3.45. The van der Waals surface area contributed by atoms with E-state index in [9.17, 15) is 0 Å². The summed E-state index contributed by atoms with van der Waals surface area (Å²) in [5.41, 5.74) is 3.36. The van der Waals surface area contributed by atoms with Crippen LogP contribution in [0.3, 0.4) is 0 Å². The summed E-state index contributed by atoms with van der Waals surface area (Å²) in [5.74, 6) is 0. The third-order valence-electron chi connectivity index (χ3n) is 1.93. The third kappa shape index (κ3) is 4.74. The zero-order valence-electron chi connectivity index (χ0n) is 10.5. The van der Waals surface area contributed by atoms with Crippen LogP contribution in [0.5, 0.6) is 0 Å².